The third-order valence-electron chi connectivity index (χ3n) is 5.10. The van der Waals surface area contributed by atoms with Gasteiger partial charge in [-0.15, -0.1) is 0 Å². The first kappa shape index (κ1) is 23.8. The van der Waals surface area contributed by atoms with Crippen LogP contribution in [0.2, 0.25) is 0 Å². The van der Waals surface area contributed by atoms with E-state index in [1.54, 1.807) is 0 Å². The van der Waals surface area contributed by atoms with Gasteiger partial charge in [0.15, 0.2) is 0 Å². The molecule has 0 aliphatic rings. The minimum atomic E-state index is -2.76. The zero-order valence-electron chi connectivity index (χ0n) is 18.3. The fraction of sp³-hybridized carbons (Fsp3) is 0.520. The molecule has 0 heterocycles. The first-order valence-corrected chi connectivity index (χ1v) is 13.1. The summed E-state index contributed by atoms with van der Waals surface area (Å²) in [7, 11) is -2.76. The molecule has 0 spiro atoms. The third kappa shape index (κ3) is 8.05. The normalized spacial score (nSPS) is 11.7. The van der Waals surface area contributed by atoms with Crippen molar-refractivity contribution in [2.45, 2.75) is 58.8 Å². The number of benzene rings is 2. The molecule has 0 saturated heterocycles. The molecule has 0 N–H and O–H groups in total. The lowest BCUT2D eigenvalue weighted by Gasteiger charge is -2.31. The van der Waals surface area contributed by atoms with Gasteiger partial charge in [-0.25, -0.2) is 0 Å². The summed E-state index contributed by atoms with van der Waals surface area (Å²) in [5.74, 6) is 0. The van der Waals surface area contributed by atoms with Gasteiger partial charge in [0.25, 0.3) is 0 Å². The SMILES string of the molecule is CCCCCCCCCO[Si](OCCOCC)(c1ccccc1)c1ccccc1. The molecule has 29 heavy (non-hydrogen) atoms. The van der Waals surface area contributed by atoms with E-state index in [0.717, 1.165) is 23.4 Å². The van der Waals surface area contributed by atoms with Crippen LogP contribution in [0.4, 0.5) is 0 Å². The van der Waals surface area contributed by atoms with Crippen molar-refractivity contribution in [2.75, 3.05) is 26.4 Å². The molecule has 0 radical (unpaired) electrons. The number of ether oxygens (including phenoxy) is 1. The second kappa shape index (κ2) is 14.5. The Morgan fingerprint density at radius 2 is 1.10 bits per heavy atom. The predicted octanol–water partition coefficient (Wildman–Crippen LogP) is 5.06. The molecular formula is C25H38O3Si. The van der Waals surface area contributed by atoms with Gasteiger partial charge in [0.05, 0.1) is 13.2 Å². The average molecular weight is 415 g/mol. The van der Waals surface area contributed by atoms with Gasteiger partial charge in [-0.3, -0.25) is 0 Å². The molecule has 3 nitrogen and oxygen atoms in total. The fourth-order valence-corrected chi connectivity index (χ4v) is 6.67. The number of hydrogen-bond donors (Lipinski definition) is 0. The highest BCUT2D eigenvalue weighted by Crippen LogP contribution is 2.13. The minimum absolute atomic E-state index is 0.543. The molecule has 2 aromatic rings. The number of rotatable bonds is 16. The topological polar surface area (TPSA) is 27.7 Å². The highest BCUT2D eigenvalue weighted by atomic mass is 28.4. The Hall–Kier alpha value is -1.46. The number of unbranched alkanes of at least 4 members (excludes halogenated alkanes) is 6. The molecule has 0 aromatic heterocycles. The molecule has 2 rings (SSSR count). The summed E-state index contributed by atoms with van der Waals surface area (Å²) in [6, 6.07) is 21.0. The molecule has 160 valence electrons. The third-order valence-corrected chi connectivity index (χ3v) is 8.51. The van der Waals surface area contributed by atoms with Crippen LogP contribution in [0, 0.1) is 0 Å². The summed E-state index contributed by atoms with van der Waals surface area (Å²) in [6.07, 6.45) is 8.92. The van der Waals surface area contributed by atoms with Crippen molar-refractivity contribution < 1.29 is 13.6 Å². The van der Waals surface area contributed by atoms with Crippen molar-refractivity contribution in [2.24, 2.45) is 0 Å². The lowest BCUT2D eigenvalue weighted by atomic mass is 10.1. The molecular weight excluding hydrogens is 376 g/mol. The second-order valence-corrected chi connectivity index (χ2v) is 10.3. The summed E-state index contributed by atoms with van der Waals surface area (Å²) in [6.45, 7) is 6.84. The van der Waals surface area contributed by atoms with Gasteiger partial charge in [-0.2, -0.15) is 0 Å². The van der Waals surface area contributed by atoms with Crippen molar-refractivity contribution in [1.29, 1.82) is 0 Å². The molecule has 4 heteroatoms. The van der Waals surface area contributed by atoms with E-state index < -0.39 is 8.56 Å². The van der Waals surface area contributed by atoms with E-state index in [-0.39, 0.29) is 0 Å². The first-order valence-electron chi connectivity index (χ1n) is 11.3. The van der Waals surface area contributed by atoms with Crippen LogP contribution in [-0.2, 0) is 13.6 Å². The Morgan fingerprint density at radius 3 is 1.66 bits per heavy atom. The first-order chi connectivity index (χ1) is 14.3. The lowest BCUT2D eigenvalue weighted by Crippen LogP contribution is -2.63. The predicted molar refractivity (Wildman–Crippen MR) is 124 cm³/mol. The van der Waals surface area contributed by atoms with Gasteiger partial charge < -0.3 is 13.6 Å². The van der Waals surface area contributed by atoms with E-state index in [2.05, 4.69) is 55.5 Å². The van der Waals surface area contributed by atoms with Gasteiger partial charge in [0, 0.05) is 13.2 Å². The maximum Gasteiger partial charge on any atom is 0.407 e. The van der Waals surface area contributed by atoms with E-state index in [1.165, 1.54) is 38.5 Å². The standard InChI is InChI=1S/C25H38O3Si/c1-3-5-6-7-8-9-16-21-27-29(28-23-22-26-4-2,24-17-12-10-13-18-24)25-19-14-11-15-20-25/h10-15,17-20H,3-9,16,21-23H2,1-2H3. The largest absolute Gasteiger partial charge is 0.407 e. The minimum Gasteiger partial charge on any atom is -0.388 e. The molecule has 0 aliphatic carbocycles. The lowest BCUT2D eigenvalue weighted by molar-refractivity contribution is 0.0918. The quantitative estimate of drug-likeness (QED) is 0.284. The van der Waals surface area contributed by atoms with Gasteiger partial charge >= 0.3 is 8.56 Å². The molecule has 0 unspecified atom stereocenters. The number of hydrogen-bond acceptors (Lipinski definition) is 3. The van der Waals surface area contributed by atoms with E-state index in [0.29, 0.717) is 19.8 Å². The highest BCUT2D eigenvalue weighted by Gasteiger charge is 2.42. The van der Waals surface area contributed by atoms with Crippen molar-refractivity contribution >= 4 is 18.9 Å². The van der Waals surface area contributed by atoms with Gasteiger partial charge in [0.2, 0.25) is 0 Å². The smallest absolute Gasteiger partial charge is 0.388 e. The molecule has 0 amide bonds. The second-order valence-electron chi connectivity index (χ2n) is 7.36. The summed E-state index contributed by atoms with van der Waals surface area (Å²) in [4.78, 5) is 0. The molecule has 0 bridgehead atoms. The van der Waals surface area contributed by atoms with Crippen molar-refractivity contribution in [3.8, 4) is 0 Å². The van der Waals surface area contributed by atoms with Crippen LogP contribution in [0.5, 0.6) is 0 Å². The van der Waals surface area contributed by atoms with Gasteiger partial charge in [0.1, 0.15) is 0 Å². The summed E-state index contributed by atoms with van der Waals surface area (Å²) in [5, 5.41) is 2.32. The highest BCUT2D eigenvalue weighted by molar-refractivity contribution is 6.92. The van der Waals surface area contributed by atoms with Crippen LogP contribution in [0.25, 0.3) is 0 Å². The summed E-state index contributed by atoms with van der Waals surface area (Å²) >= 11 is 0. The monoisotopic (exact) mass is 414 g/mol. The summed E-state index contributed by atoms with van der Waals surface area (Å²) in [5.41, 5.74) is 0. The average Bonchev–Trinajstić information content (AvgIpc) is 2.78. The molecule has 2 aromatic carbocycles. The summed E-state index contributed by atoms with van der Waals surface area (Å²) < 4.78 is 18.8. The zero-order chi connectivity index (χ0) is 20.6. The van der Waals surface area contributed by atoms with E-state index >= 15 is 0 Å². The Labute approximate surface area is 178 Å². The molecule has 0 saturated carbocycles. The van der Waals surface area contributed by atoms with Crippen molar-refractivity contribution in [3.05, 3.63) is 60.7 Å². The van der Waals surface area contributed by atoms with Crippen molar-refractivity contribution in [1.82, 2.24) is 0 Å². The maximum absolute atomic E-state index is 6.67. The zero-order valence-corrected chi connectivity index (χ0v) is 19.3. The van der Waals surface area contributed by atoms with Gasteiger partial charge in [-0.05, 0) is 23.7 Å². The van der Waals surface area contributed by atoms with Crippen LogP contribution < -0.4 is 10.4 Å². The van der Waals surface area contributed by atoms with Crippen molar-refractivity contribution in [3.63, 3.8) is 0 Å². The maximum atomic E-state index is 6.67. The van der Waals surface area contributed by atoms with E-state index in [1.807, 2.05) is 19.1 Å². The van der Waals surface area contributed by atoms with Crippen LogP contribution in [0.15, 0.2) is 60.7 Å². The fourth-order valence-electron chi connectivity index (χ4n) is 3.52. The molecule has 0 atom stereocenters. The Morgan fingerprint density at radius 1 is 0.586 bits per heavy atom. The van der Waals surface area contributed by atoms with Crippen LogP contribution in [0.3, 0.4) is 0 Å². The molecule has 0 fully saturated rings. The van der Waals surface area contributed by atoms with Crippen LogP contribution >= 0.6 is 0 Å². The van der Waals surface area contributed by atoms with Gasteiger partial charge in [-0.1, -0.05) is 106 Å². The van der Waals surface area contributed by atoms with Crippen LogP contribution in [0.1, 0.15) is 58.8 Å². The Kier molecular flexibility index (Phi) is 11.9. The van der Waals surface area contributed by atoms with E-state index in [9.17, 15) is 0 Å². The Balaban J connectivity index is 2.08. The molecule has 0 aliphatic heterocycles. The van der Waals surface area contributed by atoms with E-state index in [4.69, 9.17) is 13.6 Å². The Bertz CT molecular complexity index is 594. The van der Waals surface area contributed by atoms with Crippen LogP contribution in [-0.4, -0.2) is 35.0 Å².